The first-order valence-electron chi connectivity index (χ1n) is 11.7. The molecule has 0 aromatic carbocycles. The van der Waals surface area contributed by atoms with Crippen LogP contribution in [-0.2, 0) is 4.79 Å². The number of likely N-dealkylation sites (tertiary alicyclic amines) is 1. The van der Waals surface area contributed by atoms with E-state index in [0.29, 0.717) is 17.9 Å². The van der Waals surface area contributed by atoms with Gasteiger partial charge in [0, 0.05) is 25.0 Å². The number of rotatable bonds is 5. The van der Waals surface area contributed by atoms with E-state index in [1.54, 1.807) is 0 Å². The van der Waals surface area contributed by atoms with Crippen LogP contribution in [0.5, 0.6) is 0 Å². The summed E-state index contributed by atoms with van der Waals surface area (Å²) < 4.78 is 0. The highest BCUT2D eigenvalue weighted by Gasteiger charge is 2.43. The highest BCUT2D eigenvalue weighted by atomic mass is 16.2. The van der Waals surface area contributed by atoms with E-state index >= 15 is 0 Å². The number of piperidine rings is 1. The van der Waals surface area contributed by atoms with E-state index in [1.165, 1.54) is 37.7 Å². The molecule has 3 aliphatic heterocycles. The van der Waals surface area contributed by atoms with Crippen LogP contribution in [0.2, 0.25) is 0 Å². The number of amides is 1. The molecule has 1 amide bonds. The topological polar surface area (TPSA) is 60.3 Å². The Hall–Kier alpha value is -1.69. The molecule has 2 atom stereocenters. The van der Waals surface area contributed by atoms with Gasteiger partial charge < -0.3 is 15.1 Å². The molecule has 6 heteroatoms. The minimum Gasteiger partial charge on any atom is -0.347 e. The molecule has 0 spiro atoms. The van der Waals surface area contributed by atoms with E-state index in [4.69, 9.17) is 0 Å². The molecule has 6 nitrogen and oxygen atoms in total. The molecular weight excluding hydrogens is 362 g/mol. The van der Waals surface area contributed by atoms with Gasteiger partial charge in [0.05, 0.1) is 12.0 Å². The molecule has 3 heterocycles. The lowest BCUT2D eigenvalue weighted by Crippen LogP contribution is -2.58. The first kappa shape index (κ1) is 20.6. The summed E-state index contributed by atoms with van der Waals surface area (Å²) in [6, 6.07) is 0.359. The summed E-state index contributed by atoms with van der Waals surface area (Å²) in [4.78, 5) is 27.1. The van der Waals surface area contributed by atoms with E-state index < -0.39 is 0 Å². The van der Waals surface area contributed by atoms with Gasteiger partial charge in [0.2, 0.25) is 11.9 Å². The number of unbranched alkanes of at least 4 members (excludes halogenated alkanes) is 1. The van der Waals surface area contributed by atoms with E-state index in [-0.39, 0.29) is 17.9 Å². The van der Waals surface area contributed by atoms with Gasteiger partial charge in [-0.05, 0) is 63.7 Å². The Kier molecular flexibility index (Phi) is 6.68. The Bertz CT molecular complexity index is 671. The molecule has 0 bridgehead atoms. The first-order valence-corrected chi connectivity index (χ1v) is 11.7. The highest BCUT2D eigenvalue weighted by Crippen LogP contribution is 2.38. The zero-order valence-electron chi connectivity index (χ0n) is 18.1. The molecule has 2 unspecified atom stereocenters. The van der Waals surface area contributed by atoms with Crippen molar-refractivity contribution in [1.82, 2.24) is 15.1 Å². The van der Waals surface area contributed by atoms with Crippen LogP contribution >= 0.6 is 0 Å². The van der Waals surface area contributed by atoms with Gasteiger partial charge in [-0.15, -0.1) is 0 Å². The number of guanidine groups is 1. The Morgan fingerprint density at radius 1 is 1.17 bits per heavy atom. The van der Waals surface area contributed by atoms with Crippen molar-refractivity contribution in [2.75, 3.05) is 26.7 Å². The zero-order valence-corrected chi connectivity index (χ0v) is 18.1. The van der Waals surface area contributed by atoms with Crippen LogP contribution in [-0.4, -0.2) is 66.6 Å². The molecule has 0 radical (unpaired) electrons. The van der Waals surface area contributed by atoms with Gasteiger partial charge in [0.15, 0.2) is 0 Å². The standard InChI is InChI=1S/C23H37N5O/c1-3-4-12-24-23-25-15-19-21(26-23)20(17-8-6-5-7-9-17)16-28(22(19)29)18-10-13-27(2)14-11-18/h15-19,21H,3-14H2,1-2H3,(H,24,26). The minimum atomic E-state index is -0.193. The molecule has 1 aliphatic carbocycles. The Morgan fingerprint density at radius 2 is 1.93 bits per heavy atom. The second kappa shape index (κ2) is 9.41. The summed E-state index contributed by atoms with van der Waals surface area (Å²) in [5.74, 6) is 1.31. The largest absolute Gasteiger partial charge is 0.347 e. The fraction of sp³-hybridized carbons (Fsp3) is 0.783. The molecule has 4 aliphatic rings. The molecule has 29 heavy (non-hydrogen) atoms. The fourth-order valence-electron chi connectivity index (χ4n) is 5.26. The lowest BCUT2D eigenvalue weighted by Gasteiger charge is -2.45. The Morgan fingerprint density at radius 3 is 2.66 bits per heavy atom. The molecule has 1 N–H and O–H groups in total. The Labute approximate surface area is 175 Å². The van der Waals surface area contributed by atoms with Crippen molar-refractivity contribution >= 4 is 18.1 Å². The Balaban J connectivity index is 1.60. The number of hydrogen-bond acceptors (Lipinski definition) is 3. The maximum atomic E-state index is 13.4. The van der Waals surface area contributed by atoms with E-state index in [2.05, 4.69) is 45.3 Å². The molecule has 0 aromatic rings. The van der Waals surface area contributed by atoms with Crippen molar-refractivity contribution in [3.63, 3.8) is 0 Å². The van der Waals surface area contributed by atoms with E-state index in [9.17, 15) is 4.79 Å². The molecule has 4 rings (SSSR count). The van der Waals surface area contributed by atoms with Crippen LogP contribution in [0.1, 0.15) is 64.7 Å². The number of aliphatic imine (C=N–C) groups is 2. The third-order valence-corrected chi connectivity index (χ3v) is 7.12. The van der Waals surface area contributed by atoms with Crippen LogP contribution < -0.4 is 5.32 Å². The van der Waals surface area contributed by atoms with Crippen LogP contribution in [0.25, 0.3) is 0 Å². The first-order chi connectivity index (χ1) is 14.2. The summed E-state index contributed by atoms with van der Waals surface area (Å²) in [7, 11) is 2.17. The number of nitrogens with one attached hydrogen (secondary N) is 1. The third kappa shape index (κ3) is 4.57. The van der Waals surface area contributed by atoms with Gasteiger partial charge >= 0.3 is 0 Å². The monoisotopic (exact) mass is 399 g/mol. The maximum Gasteiger partial charge on any atom is 0.237 e. The van der Waals surface area contributed by atoms with Crippen molar-refractivity contribution in [1.29, 1.82) is 0 Å². The molecule has 160 valence electrons. The fourth-order valence-corrected chi connectivity index (χ4v) is 5.26. The van der Waals surface area contributed by atoms with E-state index in [0.717, 1.165) is 45.3 Å². The predicted molar refractivity (Wildman–Crippen MR) is 118 cm³/mol. The highest BCUT2D eigenvalue weighted by molar-refractivity contribution is 6.03. The quantitative estimate of drug-likeness (QED) is 0.722. The van der Waals surface area contributed by atoms with Crippen molar-refractivity contribution in [2.45, 2.75) is 76.8 Å². The average molecular weight is 400 g/mol. The van der Waals surface area contributed by atoms with Gasteiger partial charge in [-0.3, -0.25) is 9.79 Å². The minimum absolute atomic E-state index is 0.0333. The number of hydrogen-bond donors (Lipinski definition) is 1. The predicted octanol–water partition coefficient (Wildman–Crippen LogP) is 3.20. The summed E-state index contributed by atoms with van der Waals surface area (Å²) in [6.07, 6.45) is 14.9. The smallest absolute Gasteiger partial charge is 0.237 e. The van der Waals surface area contributed by atoms with Gasteiger partial charge in [-0.1, -0.05) is 32.6 Å². The van der Waals surface area contributed by atoms with Gasteiger partial charge in [0.1, 0.15) is 0 Å². The molecule has 1 saturated carbocycles. The molecular formula is C23H37N5O. The van der Waals surface area contributed by atoms with Crippen molar-refractivity contribution in [3.8, 4) is 0 Å². The molecule has 2 fully saturated rings. The summed E-state index contributed by atoms with van der Waals surface area (Å²) in [5, 5.41) is 3.55. The zero-order chi connectivity index (χ0) is 20.2. The van der Waals surface area contributed by atoms with Crippen LogP contribution in [0.4, 0.5) is 0 Å². The SMILES string of the molecule is CCCCN=C1N=CC2C(=O)N(C3CCN(C)CC3)C=C(C3CCCCC3)C2N1. The number of fused-ring (bicyclic) bond motifs is 1. The summed E-state index contributed by atoms with van der Waals surface area (Å²) in [5.41, 5.74) is 1.42. The second-order valence-electron chi connectivity index (χ2n) is 9.23. The van der Waals surface area contributed by atoms with Crippen molar-refractivity contribution in [2.24, 2.45) is 21.8 Å². The van der Waals surface area contributed by atoms with Crippen LogP contribution in [0.3, 0.4) is 0 Å². The number of carbonyl (C=O) groups is 1. The van der Waals surface area contributed by atoms with Gasteiger partial charge in [-0.2, -0.15) is 0 Å². The number of carbonyl (C=O) groups excluding carboxylic acids is 1. The normalized spacial score (nSPS) is 31.0. The molecule has 1 saturated heterocycles. The lowest BCUT2D eigenvalue weighted by atomic mass is 9.75. The van der Waals surface area contributed by atoms with Crippen molar-refractivity contribution in [3.05, 3.63) is 11.8 Å². The third-order valence-electron chi connectivity index (χ3n) is 7.12. The lowest BCUT2D eigenvalue weighted by molar-refractivity contribution is -0.134. The van der Waals surface area contributed by atoms with Gasteiger partial charge in [-0.25, -0.2) is 4.99 Å². The average Bonchev–Trinajstić information content (AvgIpc) is 2.76. The van der Waals surface area contributed by atoms with Gasteiger partial charge in [0.25, 0.3) is 0 Å². The maximum absolute atomic E-state index is 13.4. The summed E-state index contributed by atoms with van der Waals surface area (Å²) in [6.45, 7) is 5.10. The second-order valence-corrected chi connectivity index (χ2v) is 9.23. The van der Waals surface area contributed by atoms with Crippen LogP contribution in [0.15, 0.2) is 21.8 Å². The van der Waals surface area contributed by atoms with E-state index in [1.807, 2.05) is 6.21 Å². The number of nitrogens with zero attached hydrogens (tertiary/aromatic N) is 4. The molecule has 0 aromatic heterocycles. The van der Waals surface area contributed by atoms with Crippen molar-refractivity contribution < 1.29 is 4.79 Å². The van der Waals surface area contributed by atoms with Crippen LogP contribution in [0, 0.1) is 11.8 Å². The summed E-state index contributed by atoms with van der Waals surface area (Å²) >= 11 is 0.